The molecule has 2 rings (SSSR count). The van der Waals surface area contributed by atoms with Gasteiger partial charge in [0.1, 0.15) is 0 Å². The number of aromatic nitrogens is 2. The molecule has 0 saturated heterocycles. The highest BCUT2D eigenvalue weighted by Crippen LogP contribution is 2.21. The topological polar surface area (TPSA) is 41.9 Å². The Bertz CT molecular complexity index is 619. The number of benzene rings is 1. The van der Waals surface area contributed by atoms with Crippen LogP contribution in [-0.4, -0.2) is 22.6 Å². The lowest BCUT2D eigenvalue weighted by Crippen LogP contribution is -2.37. The highest BCUT2D eigenvalue weighted by molar-refractivity contribution is 6.30. The third-order valence-electron chi connectivity index (χ3n) is 4.43. The summed E-state index contributed by atoms with van der Waals surface area (Å²) in [6.07, 6.45) is 7.58. The summed E-state index contributed by atoms with van der Waals surface area (Å²) in [6, 6.07) is 8.07. The van der Waals surface area contributed by atoms with E-state index in [9.17, 15) is 0 Å². The van der Waals surface area contributed by atoms with Crippen molar-refractivity contribution in [1.29, 1.82) is 0 Å². The summed E-state index contributed by atoms with van der Waals surface area (Å²) in [4.78, 5) is 4.46. The first-order chi connectivity index (χ1) is 12.0. The first-order valence-electron chi connectivity index (χ1n) is 9.23. The number of imidazole rings is 1. The minimum absolute atomic E-state index is 0.0616. The number of rotatable bonds is 11. The molecular formula is C20H31ClN4. The van der Waals surface area contributed by atoms with Gasteiger partial charge in [0.25, 0.3) is 0 Å². The van der Waals surface area contributed by atoms with Crippen LogP contribution in [0.25, 0.3) is 0 Å². The maximum absolute atomic E-state index is 5.97. The first-order valence-corrected chi connectivity index (χ1v) is 9.61. The molecule has 0 fully saturated rings. The van der Waals surface area contributed by atoms with E-state index in [1.165, 1.54) is 18.4 Å². The Hall–Kier alpha value is -1.36. The number of hydrogen-bond donors (Lipinski definition) is 2. The van der Waals surface area contributed by atoms with E-state index in [-0.39, 0.29) is 5.54 Å². The normalized spacial score (nSPS) is 11.8. The molecule has 0 atom stereocenters. The maximum Gasteiger partial charge on any atom is 0.0949 e. The summed E-state index contributed by atoms with van der Waals surface area (Å²) < 4.78 is 2.17. The van der Waals surface area contributed by atoms with Crippen molar-refractivity contribution in [3.63, 3.8) is 0 Å². The van der Waals surface area contributed by atoms with Crippen molar-refractivity contribution < 1.29 is 0 Å². The lowest BCUT2D eigenvalue weighted by atomic mass is 9.94. The van der Waals surface area contributed by atoms with Crippen LogP contribution >= 0.6 is 11.6 Å². The van der Waals surface area contributed by atoms with Gasteiger partial charge in [-0.3, -0.25) is 0 Å². The lowest BCUT2D eigenvalue weighted by Gasteiger charge is -2.27. The summed E-state index contributed by atoms with van der Waals surface area (Å²) in [5.74, 6) is 0. The van der Waals surface area contributed by atoms with Gasteiger partial charge in [-0.05, 0) is 57.5 Å². The third kappa shape index (κ3) is 6.81. The molecule has 1 heterocycles. The van der Waals surface area contributed by atoms with Crippen LogP contribution in [0.2, 0.25) is 5.02 Å². The molecule has 1 aromatic carbocycles. The lowest BCUT2D eigenvalue weighted by molar-refractivity contribution is 0.393. The van der Waals surface area contributed by atoms with Gasteiger partial charge in [-0.2, -0.15) is 0 Å². The number of aryl methyl sites for hydroxylation is 1. The van der Waals surface area contributed by atoms with Gasteiger partial charge in [0.2, 0.25) is 0 Å². The number of halogens is 1. The standard InChI is InChI=1S/C20H31ClN4/c1-4-5-11-22-14-19-15-25(16-23-19)13-6-12-24-20(2,3)17-7-9-18(21)10-8-17/h7-10,15-16,22,24H,4-6,11-14H2,1-3H3. The molecule has 0 spiro atoms. The molecule has 2 N–H and O–H groups in total. The van der Waals surface area contributed by atoms with Crippen molar-refractivity contribution in [3.05, 3.63) is 53.1 Å². The molecule has 0 aliphatic heterocycles. The van der Waals surface area contributed by atoms with Crippen LogP contribution in [0.5, 0.6) is 0 Å². The SMILES string of the molecule is CCCCNCc1cn(CCCNC(C)(C)c2ccc(Cl)cc2)cn1. The van der Waals surface area contributed by atoms with Crippen molar-refractivity contribution in [1.82, 2.24) is 20.2 Å². The third-order valence-corrected chi connectivity index (χ3v) is 4.68. The van der Waals surface area contributed by atoms with Crippen LogP contribution in [0.3, 0.4) is 0 Å². The van der Waals surface area contributed by atoms with Crippen LogP contribution in [-0.2, 0) is 18.6 Å². The average Bonchev–Trinajstić information content (AvgIpc) is 3.04. The van der Waals surface area contributed by atoms with E-state index in [2.05, 4.69) is 59.3 Å². The zero-order chi connectivity index (χ0) is 18.1. The molecule has 0 amide bonds. The second-order valence-electron chi connectivity index (χ2n) is 7.05. The summed E-state index contributed by atoms with van der Waals surface area (Å²) in [5, 5.41) is 7.84. The van der Waals surface area contributed by atoms with E-state index in [1.54, 1.807) is 0 Å². The van der Waals surface area contributed by atoms with E-state index < -0.39 is 0 Å². The number of nitrogens with zero attached hydrogens (tertiary/aromatic N) is 2. The molecule has 5 heteroatoms. The van der Waals surface area contributed by atoms with Crippen molar-refractivity contribution >= 4 is 11.6 Å². The highest BCUT2D eigenvalue weighted by Gasteiger charge is 2.18. The van der Waals surface area contributed by atoms with Crippen LogP contribution in [0.4, 0.5) is 0 Å². The fourth-order valence-corrected chi connectivity index (χ4v) is 2.90. The van der Waals surface area contributed by atoms with Gasteiger partial charge in [-0.25, -0.2) is 4.98 Å². The van der Waals surface area contributed by atoms with Gasteiger partial charge in [0.05, 0.1) is 12.0 Å². The molecule has 4 nitrogen and oxygen atoms in total. The zero-order valence-electron chi connectivity index (χ0n) is 15.7. The van der Waals surface area contributed by atoms with Crippen LogP contribution < -0.4 is 10.6 Å². The van der Waals surface area contributed by atoms with Gasteiger partial charge in [0, 0.05) is 29.8 Å². The minimum Gasteiger partial charge on any atom is -0.337 e. The Labute approximate surface area is 157 Å². The average molecular weight is 363 g/mol. The molecule has 25 heavy (non-hydrogen) atoms. The fraction of sp³-hybridized carbons (Fsp3) is 0.550. The molecule has 2 aromatic rings. The van der Waals surface area contributed by atoms with Gasteiger partial charge < -0.3 is 15.2 Å². The minimum atomic E-state index is -0.0616. The molecule has 0 unspecified atom stereocenters. The number of unbranched alkanes of at least 4 members (excludes halogenated alkanes) is 1. The van der Waals surface area contributed by atoms with E-state index in [0.29, 0.717) is 0 Å². The van der Waals surface area contributed by atoms with Crippen molar-refractivity contribution in [2.45, 2.75) is 58.7 Å². The van der Waals surface area contributed by atoms with Crippen LogP contribution in [0.15, 0.2) is 36.8 Å². The van der Waals surface area contributed by atoms with Gasteiger partial charge in [0.15, 0.2) is 0 Å². The molecule has 0 bridgehead atoms. The van der Waals surface area contributed by atoms with Crippen LogP contribution in [0, 0.1) is 0 Å². The largest absolute Gasteiger partial charge is 0.337 e. The summed E-state index contributed by atoms with van der Waals surface area (Å²) >= 11 is 5.97. The highest BCUT2D eigenvalue weighted by atomic mass is 35.5. The molecule has 0 aliphatic carbocycles. The van der Waals surface area contributed by atoms with E-state index >= 15 is 0 Å². The quantitative estimate of drug-likeness (QED) is 0.584. The molecule has 0 radical (unpaired) electrons. The van der Waals surface area contributed by atoms with Crippen molar-refractivity contribution in [2.24, 2.45) is 0 Å². The molecule has 0 saturated carbocycles. The summed E-state index contributed by atoms with van der Waals surface area (Å²) in [5.41, 5.74) is 2.30. The first kappa shape index (κ1) is 20.0. The van der Waals surface area contributed by atoms with E-state index in [4.69, 9.17) is 11.6 Å². The second-order valence-corrected chi connectivity index (χ2v) is 7.48. The van der Waals surface area contributed by atoms with Crippen LogP contribution in [0.1, 0.15) is 51.3 Å². The summed E-state index contributed by atoms with van der Waals surface area (Å²) in [7, 11) is 0. The van der Waals surface area contributed by atoms with E-state index in [1.807, 2.05) is 18.5 Å². The Morgan fingerprint density at radius 2 is 1.88 bits per heavy atom. The van der Waals surface area contributed by atoms with Gasteiger partial charge >= 0.3 is 0 Å². The Morgan fingerprint density at radius 3 is 2.60 bits per heavy atom. The molecule has 0 aliphatic rings. The molecule has 138 valence electrons. The number of nitrogens with one attached hydrogen (secondary N) is 2. The Morgan fingerprint density at radius 1 is 1.12 bits per heavy atom. The predicted octanol–water partition coefficient (Wildman–Crippen LogP) is 4.34. The predicted molar refractivity (Wildman–Crippen MR) is 106 cm³/mol. The smallest absolute Gasteiger partial charge is 0.0949 e. The van der Waals surface area contributed by atoms with Gasteiger partial charge in [-0.15, -0.1) is 0 Å². The fourth-order valence-electron chi connectivity index (χ4n) is 2.77. The van der Waals surface area contributed by atoms with E-state index in [0.717, 1.165) is 43.3 Å². The second kappa shape index (κ2) is 9.95. The zero-order valence-corrected chi connectivity index (χ0v) is 16.4. The Balaban J connectivity index is 1.70. The van der Waals surface area contributed by atoms with Crippen molar-refractivity contribution in [3.8, 4) is 0 Å². The monoisotopic (exact) mass is 362 g/mol. The number of hydrogen-bond acceptors (Lipinski definition) is 3. The molecular weight excluding hydrogens is 332 g/mol. The van der Waals surface area contributed by atoms with Gasteiger partial charge in [-0.1, -0.05) is 37.1 Å². The maximum atomic E-state index is 5.97. The summed E-state index contributed by atoms with van der Waals surface area (Å²) in [6.45, 7) is 10.5. The Kier molecular flexibility index (Phi) is 7.94. The molecule has 1 aromatic heterocycles. The van der Waals surface area contributed by atoms with Crippen molar-refractivity contribution in [2.75, 3.05) is 13.1 Å².